The highest BCUT2D eigenvalue weighted by molar-refractivity contribution is 7.13. The van der Waals surface area contributed by atoms with Crippen LogP contribution in [0.25, 0.3) is 10.6 Å². The first-order valence-corrected chi connectivity index (χ1v) is 8.45. The summed E-state index contributed by atoms with van der Waals surface area (Å²) in [6.45, 7) is 7.64. The Hall–Kier alpha value is -2.25. The first-order valence-electron chi connectivity index (χ1n) is 7.57. The Morgan fingerprint density at radius 1 is 1.21 bits per heavy atom. The minimum absolute atomic E-state index is 0.0360. The van der Waals surface area contributed by atoms with Crippen molar-refractivity contribution in [2.45, 2.75) is 39.3 Å². The van der Waals surface area contributed by atoms with E-state index in [2.05, 4.69) is 15.6 Å². The van der Waals surface area contributed by atoms with E-state index in [-0.39, 0.29) is 17.6 Å². The monoisotopic (exact) mass is 347 g/mol. The zero-order valence-corrected chi connectivity index (χ0v) is 14.9. The number of aromatic carboxylic acids is 1. The summed E-state index contributed by atoms with van der Waals surface area (Å²) < 4.78 is 0. The third-order valence-corrected chi connectivity index (χ3v) is 4.22. The summed E-state index contributed by atoms with van der Waals surface area (Å²) in [5, 5.41) is 17.1. The van der Waals surface area contributed by atoms with Crippen molar-refractivity contribution in [3.05, 3.63) is 35.3 Å². The van der Waals surface area contributed by atoms with E-state index in [4.69, 9.17) is 5.11 Å². The normalized spacial score (nSPS) is 11.5. The highest BCUT2D eigenvalue weighted by Gasteiger charge is 2.27. The van der Waals surface area contributed by atoms with Crippen molar-refractivity contribution in [1.29, 1.82) is 0 Å². The van der Waals surface area contributed by atoms with Gasteiger partial charge in [0.05, 0.1) is 5.54 Å². The Morgan fingerprint density at radius 2 is 1.83 bits per heavy atom. The molecule has 0 aliphatic rings. The number of carboxylic acids is 1. The molecule has 0 spiro atoms. The molecule has 0 aliphatic carbocycles. The first-order chi connectivity index (χ1) is 11.2. The van der Waals surface area contributed by atoms with E-state index >= 15 is 0 Å². The molecule has 2 aromatic rings. The Kier molecular flexibility index (Phi) is 5.36. The zero-order chi connectivity index (χ0) is 17.9. The summed E-state index contributed by atoms with van der Waals surface area (Å²) in [4.78, 5) is 27.3. The number of carbonyl (C=O) groups is 2. The number of carboxylic acid groups (broad SMARTS) is 1. The molecule has 0 aliphatic heterocycles. The van der Waals surface area contributed by atoms with Crippen LogP contribution in [0.4, 0.5) is 5.69 Å². The molecule has 1 amide bonds. The second-order valence-electron chi connectivity index (χ2n) is 6.30. The third kappa shape index (κ3) is 4.39. The quantitative estimate of drug-likeness (QED) is 0.746. The maximum atomic E-state index is 12.4. The molecule has 2 rings (SSSR count). The minimum Gasteiger partial charge on any atom is -0.476 e. The number of hydrogen-bond acceptors (Lipinski definition) is 5. The van der Waals surface area contributed by atoms with E-state index in [0.717, 1.165) is 5.56 Å². The van der Waals surface area contributed by atoms with Crippen molar-refractivity contribution >= 4 is 28.9 Å². The van der Waals surface area contributed by atoms with Crippen LogP contribution in [0.1, 0.15) is 38.2 Å². The fraction of sp³-hybridized carbons (Fsp3) is 0.353. The van der Waals surface area contributed by atoms with Crippen molar-refractivity contribution in [1.82, 2.24) is 10.3 Å². The van der Waals surface area contributed by atoms with E-state index in [0.29, 0.717) is 10.7 Å². The SMILES string of the molecule is CC(C)NC(C)(C)C(=O)Nc1ccc(-c2nc(C(=O)O)cs2)cc1. The summed E-state index contributed by atoms with van der Waals surface area (Å²) in [5.74, 6) is -1.16. The molecule has 3 N–H and O–H groups in total. The zero-order valence-electron chi connectivity index (χ0n) is 14.1. The number of amides is 1. The van der Waals surface area contributed by atoms with Crippen LogP contribution < -0.4 is 10.6 Å². The van der Waals surface area contributed by atoms with Gasteiger partial charge in [-0.3, -0.25) is 4.79 Å². The average Bonchev–Trinajstić information content (AvgIpc) is 2.96. The molecule has 1 aromatic carbocycles. The largest absolute Gasteiger partial charge is 0.476 e. The number of hydrogen-bond donors (Lipinski definition) is 3. The van der Waals surface area contributed by atoms with E-state index < -0.39 is 11.5 Å². The lowest BCUT2D eigenvalue weighted by molar-refractivity contribution is -0.121. The number of rotatable bonds is 6. The standard InChI is InChI=1S/C17H21N3O3S/c1-10(2)20-17(3,4)16(23)18-12-7-5-11(6-8-12)14-19-13(9-24-14)15(21)22/h5-10,20H,1-4H3,(H,18,23)(H,21,22). The van der Waals surface area contributed by atoms with Crippen LogP contribution in [-0.4, -0.2) is 33.5 Å². The molecule has 1 aromatic heterocycles. The van der Waals surface area contributed by atoms with Gasteiger partial charge in [-0.05, 0) is 52.0 Å². The van der Waals surface area contributed by atoms with Gasteiger partial charge in [-0.15, -0.1) is 11.3 Å². The smallest absolute Gasteiger partial charge is 0.355 e. The molecule has 1 heterocycles. The van der Waals surface area contributed by atoms with Gasteiger partial charge in [0.25, 0.3) is 0 Å². The lowest BCUT2D eigenvalue weighted by Crippen LogP contribution is -2.52. The molecule has 128 valence electrons. The maximum absolute atomic E-state index is 12.4. The lowest BCUT2D eigenvalue weighted by atomic mass is 10.0. The topological polar surface area (TPSA) is 91.3 Å². The van der Waals surface area contributed by atoms with Gasteiger partial charge in [-0.25, -0.2) is 9.78 Å². The molecule has 0 radical (unpaired) electrons. The number of nitrogens with zero attached hydrogens (tertiary/aromatic N) is 1. The van der Waals surface area contributed by atoms with Crippen LogP contribution in [0.5, 0.6) is 0 Å². The Labute approximate surface area is 144 Å². The van der Waals surface area contributed by atoms with Gasteiger partial charge in [-0.1, -0.05) is 0 Å². The fourth-order valence-electron chi connectivity index (χ4n) is 2.28. The Balaban J connectivity index is 2.09. The van der Waals surface area contributed by atoms with Gasteiger partial charge in [0, 0.05) is 22.7 Å². The van der Waals surface area contributed by atoms with Gasteiger partial charge in [-0.2, -0.15) is 0 Å². The van der Waals surface area contributed by atoms with Crippen LogP contribution in [0, 0.1) is 0 Å². The van der Waals surface area contributed by atoms with E-state index in [9.17, 15) is 9.59 Å². The lowest BCUT2D eigenvalue weighted by Gasteiger charge is -2.27. The van der Waals surface area contributed by atoms with Crippen molar-refractivity contribution in [3.8, 4) is 10.6 Å². The predicted octanol–water partition coefficient (Wildman–Crippen LogP) is 3.22. The summed E-state index contributed by atoms with van der Waals surface area (Å²) >= 11 is 1.27. The molecule has 24 heavy (non-hydrogen) atoms. The van der Waals surface area contributed by atoms with Crippen molar-refractivity contribution in [3.63, 3.8) is 0 Å². The first kappa shape index (κ1) is 18.1. The van der Waals surface area contributed by atoms with E-state index in [1.807, 2.05) is 39.8 Å². The highest BCUT2D eigenvalue weighted by Crippen LogP contribution is 2.25. The summed E-state index contributed by atoms with van der Waals surface area (Å²) in [7, 11) is 0. The molecule has 6 nitrogen and oxygen atoms in total. The molecular weight excluding hydrogens is 326 g/mol. The van der Waals surface area contributed by atoms with E-state index in [1.54, 1.807) is 12.1 Å². The molecule has 0 fully saturated rings. The molecule has 0 bridgehead atoms. The molecule has 0 atom stereocenters. The second-order valence-corrected chi connectivity index (χ2v) is 7.16. The maximum Gasteiger partial charge on any atom is 0.355 e. The van der Waals surface area contributed by atoms with Crippen LogP contribution in [0.3, 0.4) is 0 Å². The van der Waals surface area contributed by atoms with Gasteiger partial charge in [0.2, 0.25) is 5.91 Å². The number of anilines is 1. The summed E-state index contributed by atoms with van der Waals surface area (Å²) in [6.07, 6.45) is 0. The van der Waals surface area contributed by atoms with Crippen LogP contribution >= 0.6 is 11.3 Å². The summed E-state index contributed by atoms with van der Waals surface area (Å²) in [5.41, 5.74) is 0.842. The fourth-order valence-corrected chi connectivity index (χ4v) is 3.08. The van der Waals surface area contributed by atoms with Gasteiger partial charge < -0.3 is 15.7 Å². The molecule has 7 heteroatoms. The third-order valence-electron chi connectivity index (χ3n) is 3.33. The molecule has 0 saturated heterocycles. The average molecular weight is 347 g/mol. The van der Waals surface area contributed by atoms with Crippen molar-refractivity contribution in [2.24, 2.45) is 0 Å². The number of carbonyl (C=O) groups excluding carboxylic acids is 1. The molecule has 0 unspecified atom stereocenters. The number of aromatic nitrogens is 1. The van der Waals surface area contributed by atoms with Crippen molar-refractivity contribution in [2.75, 3.05) is 5.32 Å². The summed E-state index contributed by atoms with van der Waals surface area (Å²) in [6, 6.07) is 7.37. The number of thiazole rings is 1. The Bertz CT molecular complexity index is 736. The second kappa shape index (κ2) is 7.11. The van der Waals surface area contributed by atoms with Crippen molar-refractivity contribution < 1.29 is 14.7 Å². The highest BCUT2D eigenvalue weighted by atomic mass is 32.1. The Morgan fingerprint density at radius 3 is 2.33 bits per heavy atom. The van der Waals surface area contributed by atoms with Crippen LogP contribution in [0.15, 0.2) is 29.6 Å². The number of nitrogens with one attached hydrogen (secondary N) is 2. The number of benzene rings is 1. The predicted molar refractivity (Wildman–Crippen MR) is 95.5 cm³/mol. The van der Waals surface area contributed by atoms with E-state index in [1.165, 1.54) is 16.7 Å². The minimum atomic E-state index is -1.04. The van der Waals surface area contributed by atoms with Gasteiger partial charge >= 0.3 is 5.97 Å². The molecule has 0 saturated carbocycles. The van der Waals surface area contributed by atoms with Gasteiger partial charge in [0.1, 0.15) is 5.01 Å². The van der Waals surface area contributed by atoms with Crippen LogP contribution in [0.2, 0.25) is 0 Å². The van der Waals surface area contributed by atoms with Crippen LogP contribution in [-0.2, 0) is 4.79 Å². The van der Waals surface area contributed by atoms with Gasteiger partial charge in [0.15, 0.2) is 5.69 Å². The molecular formula is C17H21N3O3S.